The van der Waals surface area contributed by atoms with E-state index in [-0.39, 0.29) is 4.21 Å². The van der Waals surface area contributed by atoms with Crippen molar-refractivity contribution in [3.63, 3.8) is 0 Å². The molecule has 98 valence electrons. The second-order valence-electron chi connectivity index (χ2n) is 4.65. The van der Waals surface area contributed by atoms with Crippen LogP contribution in [-0.4, -0.2) is 14.0 Å². The quantitative estimate of drug-likeness (QED) is 0.867. The molecule has 1 saturated carbocycles. The van der Waals surface area contributed by atoms with Crippen LogP contribution in [0.5, 0.6) is 0 Å². The molecule has 1 heterocycles. The van der Waals surface area contributed by atoms with Gasteiger partial charge in [-0.3, -0.25) is 0 Å². The Balaban J connectivity index is 2.23. The Morgan fingerprint density at radius 2 is 1.94 bits per heavy atom. The molecule has 1 aliphatic rings. The molecular weight excluding hydrogens is 268 g/mol. The first-order valence-electron chi connectivity index (χ1n) is 6.07. The molecule has 2 rings (SSSR count). The summed E-state index contributed by atoms with van der Waals surface area (Å²) in [6.45, 7) is 0. The van der Waals surface area contributed by atoms with E-state index in [1.54, 1.807) is 17.5 Å². The maximum atomic E-state index is 12.2. The van der Waals surface area contributed by atoms with E-state index in [0.29, 0.717) is 12.8 Å². The molecule has 6 heteroatoms. The minimum atomic E-state index is -3.56. The Bertz CT molecular complexity index is 521. The third-order valence-corrected chi connectivity index (χ3v) is 6.19. The molecule has 1 aliphatic carbocycles. The van der Waals surface area contributed by atoms with Crippen LogP contribution in [0.4, 0.5) is 0 Å². The number of hydrogen-bond acceptors (Lipinski definition) is 4. The monoisotopic (exact) mass is 284 g/mol. The van der Waals surface area contributed by atoms with Crippen LogP contribution in [0.2, 0.25) is 0 Å². The van der Waals surface area contributed by atoms with Gasteiger partial charge in [-0.15, -0.1) is 11.3 Å². The Morgan fingerprint density at radius 1 is 1.28 bits per heavy atom. The average Bonchev–Trinajstić information content (AvgIpc) is 2.79. The molecule has 0 radical (unpaired) electrons. The number of nitrogens with one attached hydrogen (secondary N) is 1. The lowest BCUT2D eigenvalue weighted by Gasteiger charge is -2.25. The van der Waals surface area contributed by atoms with Crippen molar-refractivity contribution < 1.29 is 8.42 Å². The van der Waals surface area contributed by atoms with Crippen LogP contribution in [0, 0.1) is 11.3 Å². The first-order valence-corrected chi connectivity index (χ1v) is 8.43. The predicted molar refractivity (Wildman–Crippen MR) is 70.7 cm³/mol. The van der Waals surface area contributed by atoms with Crippen LogP contribution in [0.15, 0.2) is 21.7 Å². The summed E-state index contributed by atoms with van der Waals surface area (Å²) in [6.07, 6.45) is 5.16. The molecule has 1 aromatic heterocycles. The van der Waals surface area contributed by atoms with Gasteiger partial charge in [0, 0.05) is 0 Å². The molecule has 0 unspecified atom stereocenters. The number of sulfonamides is 1. The van der Waals surface area contributed by atoms with Gasteiger partial charge >= 0.3 is 0 Å². The van der Waals surface area contributed by atoms with Gasteiger partial charge in [0.2, 0.25) is 0 Å². The maximum Gasteiger partial charge on any atom is 0.251 e. The van der Waals surface area contributed by atoms with E-state index >= 15 is 0 Å². The molecule has 1 N–H and O–H groups in total. The first-order chi connectivity index (χ1) is 8.58. The Kier molecular flexibility index (Phi) is 4.05. The van der Waals surface area contributed by atoms with Gasteiger partial charge in [0.05, 0.1) is 6.07 Å². The van der Waals surface area contributed by atoms with Gasteiger partial charge < -0.3 is 0 Å². The zero-order valence-electron chi connectivity index (χ0n) is 10.1. The van der Waals surface area contributed by atoms with Gasteiger partial charge in [0.15, 0.2) is 0 Å². The van der Waals surface area contributed by atoms with Crippen LogP contribution < -0.4 is 4.72 Å². The molecular formula is C12H16N2O2S2. The van der Waals surface area contributed by atoms with Crippen molar-refractivity contribution in [2.75, 3.05) is 0 Å². The van der Waals surface area contributed by atoms with E-state index in [1.807, 2.05) is 0 Å². The fourth-order valence-electron chi connectivity index (χ4n) is 2.29. The Morgan fingerprint density at radius 3 is 2.44 bits per heavy atom. The molecule has 1 fully saturated rings. The minimum Gasteiger partial charge on any atom is -0.206 e. The summed E-state index contributed by atoms with van der Waals surface area (Å²) in [4.78, 5) is 0. The topological polar surface area (TPSA) is 70.0 Å². The second-order valence-corrected chi connectivity index (χ2v) is 7.50. The lowest BCUT2D eigenvalue weighted by molar-refractivity contribution is 0.422. The zero-order valence-corrected chi connectivity index (χ0v) is 11.7. The average molecular weight is 284 g/mol. The van der Waals surface area contributed by atoms with Crippen molar-refractivity contribution in [3.8, 4) is 6.07 Å². The van der Waals surface area contributed by atoms with Crippen LogP contribution in [0.25, 0.3) is 0 Å². The normalized spacial score (nSPS) is 19.9. The van der Waals surface area contributed by atoms with E-state index in [4.69, 9.17) is 0 Å². The van der Waals surface area contributed by atoms with Crippen LogP contribution >= 0.6 is 11.3 Å². The van der Waals surface area contributed by atoms with E-state index in [1.165, 1.54) is 11.3 Å². The summed E-state index contributed by atoms with van der Waals surface area (Å²) in [5, 5.41) is 11.1. The highest BCUT2D eigenvalue weighted by molar-refractivity contribution is 7.91. The summed E-state index contributed by atoms with van der Waals surface area (Å²) in [5.74, 6) is 0. The summed E-state index contributed by atoms with van der Waals surface area (Å²) in [7, 11) is -3.56. The highest BCUT2D eigenvalue weighted by Gasteiger charge is 2.36. The molecule has 1 aromatic rings. The molecule has 0 saturated heterocycles. The highest BCUT2D eigenvalue weighted by atomic mass is 32.2. The molecule has 0 amide bonds. The van der Waals surface area contributed by atoms with Crippen molar-refractivity contribution in [2.24, 2.45) is 0 Å². The zero-order chi connectivity index (χ0) is 13.1. The SMILES string of the molecule is N#CC1(NS(=O)(=O)c2cccs2)CCCCCC1. The van der Waals surface area contributed by atoms with Crippen molar-refractivity contribution in [1.82, 2.24) is 4.72 Å². The molecule has 0 spiro atoms. The standard InChI is InChI=1S/C12H16N2O2S2/c13-10-12(7-3-1-2-4-8-12)14-18(15,16)11-6-5-9-17-11/h5-6,9,14H,1-4,7-8H2. The number of nitrogens with zero attached hydrogens (tertiary/aromatic N) is 1. The van der Waals surface area contributed by atoms with Gasteiger partial charge in [-0.2, -0.15) is 9.98 Å². The van der Waals surface area contributed by atoms with Gasteiger partial charge in [-0.25, -0.2) is 8.42 Å². The second kappa shape index (κ2) is 5.39. The number of hydrogen-bond donors (Lipinski definition) is 1. The lowest BCUT2D eigenvalue weighted by Crippen LogP contribution is -2.46. The molecule has 4 nitrogen and oxygen atoms in total. The molecule has 0 aromatic carbocycles. The maximum absolute atomic E-state index is 12.2. The van der Waals surface area contributed by atoms with E-state index in [0.717, 1.165) is 25.7 Å². The number of nitriles is 1. The fraction of sp³-hybridized carbons (Fsp3) is 0.583. The number of rotatable bonds is 3. The van der Waals surface area contributed by atoms with E-state index in [2.05, 4.69) is 10.8 Å². The third-order valence-electron chi connectivity index (χ3n) is 3.26. The molecule has 0 aliphatic heterocycles. The van der Waals surface area contributed by atoms with Crippen LogP contribution in [0.1, 0.15) is 38.5 Å². The Labute approximate surface area is 112 Å². The van der Waals surface area contributed by atoms with Crippen LogP contribution in [-0.2, 0) is 10.0 Å². The van der Waals surface area contributed by atoms with Gasteiger partial charge in [0.1, 0.15) is 9.75 Å². The molecule has 0 atom stereocenters. The lowest BCUT2D eigenvalue weighted by atomic mass is 9.94. The smallest absolute Gasteiger partial charge is 0.206 e. The fourth-order valence-corrected chi connectivity index (χ4v) is 4.66. The highest BCUT2D eigenvalue weighted by Crippen LogP contribution is 2.29. The van der Waals surface area contributed by atoms with Crippen molar-refractivity contribution in [3.05, 3.63) is 17.5 Å². The molecule has 18 heavy (non-hydrogen) atoms. The Hall–Kier alpha value is -0.900. The summed E-state index contributed by atoms with van der Waals surface area (Å²) in [6, 6.07) is 5.45. The van der Waals surface area contributed by atoms with Gasteiger partial charge in [-0.05, 0) is 24.3 Å². The van der Waals surface area contributed by atoms with Crippen LogP contribution in [0.3, 0.4) is 0 Å². The van der Waals surface area contributed by atoms with E-state index < -0.39 is 15.6 Å². The minimum absolute atomic E-state index is 0.279. The van der Waals surface area contributed by atoms with Crippen molar-refractivity contribution >= 4 is 21.4 Å². The van der Waals surface area contributed by atoms with Gasteiger partial charge in [-0.1, -0.05) is 31.7 Å². The summed E-state index contributed by atoms with van der Waals surface area (Å²) < 4.78 is 27.3. The van der Waals surface area contributed by atoms with Gasteiger partial charge in [0.25, 0.3) is 10.0 Å². The molecule has 0 bridgehead atoms. The first kappa shape index (κ1) is 13.5. The largest absolute Gasteiger partial charge is 0.251 e. The van der Waals surface area contributed by atoms with E-state index in [9.17, 15) is 13.7 Å². The van der Waals surface area contributed by atoms with Crippen molar-refractivity contribution in [1.29, 1.82) is 5.26 Å². The number of thiophene rings is 1. The summed E-state index contributed by atoms with van der Waals surface area (Å²) in [5.41, 5.74) is -0.917. The van der Waals surface area contributed by atoms with Crippen molar-refractivity contribution in [2.45, 2.75) is 48.3 Å². The predicted octanol–water partition coefficient (Wildman–Crippen LogP) is 2.64. The third kappa shape index (κ3) is 2.91. The summed E-state index contributed by atoms with van der Waals surface area (Å²) >= 11 is 1.17.